The van der Waals surface area contributed by atoms with Crippen molar-refractivity contribution in [1.29, 1.82) is 5.26 Å². The van der Waals surface area contributed by atoms with Crippen molar-refractivity contribution in [3.8, 4) is 11.8 Å². The fourth-order valence-corrected chi connectivity index (χ4v) is 1.80. The number of hydrogen-bond donors (Lipinski definition) is 0. The van der Waals surface area contributed by atoms with E-state index in [9.17, 15) is 0 Å². The van der Waals surface area contributed by atoms with Gasteiger partial charge in [0.2, 0.25) is 0 Å². The maximum atomic E-state index is 8.71. The maximum absolute atomic E-state index is 8.71. The van der Waals surface area contributed by atoms with Crippen LogP contribution in [0.1, 0.15) is 24.8 Å². The summed E-state index contributed by atoms with van der Waals surface area (Å²) < 4.78 is 11.3. The SMILES string of the molecule is N#CCc1ccccc1OC1CCCCO1. The van der Waals surface area contributed by atoms with E-state index in [-0.39, 0.29) is 6.29 Å². The van der Waals surface area contributed by atoms with Crippen molar-refractivity contribution in [2.24, 2.45) is 0 Å². The van der Waals surface area contributed by atoms with Crippen LogP contribution in [0.5, 0.6) is 5.75 Å². The first-order valence-corrected chi connectivity index (χ1v) is 5.63. The summed E-state index contributed by atoms with van der Waals surface area (Å²) in [6.45, 7) is 0.769. The third kappa shape index (κ3) is 2.74. The number of benzene rings is 1. The zero-order valence-electron chi connectivity index (χ0n) is 9.19. The molecule has 0 bridgehead atoms. The molecule has 1 fully saturated rings. The van der Waals surface area contributed by atoms with E-state index in [0.717, 1.165) is 37.2 Å². The first-order chi connectivity index (χ1) is 7.90. The van der Waals surface area contributed by atoms with Crippen LogP contribution in [0, 0.1) is 11.3 Å². The third-order valence-electron chi connectivity index (χ3n) is 2.64. The largest absolute Gasteiger partial charge is 0.465 e. The zero-order chi connectivity index (χ0) is 11.2. The van der Waals surface area contributed by atoms with Gasteiger partial charge in [0.1, 0.15) is 5.75 Å². The molecule has 0 N–H and O–H groups in total. The first kappa shape index (κ1) is 11.0. The lowest BCUT2D eigenvalue weighted by molar-refractivity contribution is -0.106. The molecule has 3 heteroatoms. The molecule has 1 aliphatic rings. The second-order valence-corrected chi connectivity index (χ2v) is 3.86. The van der Waals surface area contributed by atoms with Crippen LogP contribution in [0.3, 0.4) is 0 Å². The molecule has 0 radical (unpaired) electrons. The van der Waals surface area contributed by atoms with Crippen molar-refractivity contribution in [2.75, 3.05) is 6.61 Å². The fraction of sp³-hybridized carbons (Fsp3) is 0.462. The molecule has 3 nitrogen and oxygen atoms in total. The van der Waals surface area contributed by atoms with Crippen LogP contribution in [0.4, 0.5) is 0 Å². The lowest BCUT2D eigenvalue weighted by atomic mass is 10.1. The van der Waals surface area contributed by atoms with Crippen LogP contribution in [0.25, 0.3) is 0 Å². The second-order valence-electron chi connectivity index (χ2n) is 3.86. The summed E-state index contributed by atoms with van der Waals surface area (Å²) >= 11 is 0. The average molecular weight is 217 g/mol. The molecule has 0 aromatic heterocycles. The highest BCUT2D eigenvalue weighted by Gasteiger charge is 2.16. The van der Waals surface area contributed by atoms with Gasteiger partial charge in [-0.1, -0.05) is 18.2 Å². The molecule has 16 heavy (non-hydrogen) atoms. The number of rotatable bonds is 3. The van der Waals surface area contributed by atoms with E-state index in [2.05, 4.69) is 6.07 Å². The molecule has 1 heterocycles. The summed E-state index contributed by atoms with van der Waals surface area (Å²) in [5.41, 5.74) is 0.930. The van der Waals surface area contributed by atoms with Gasteiger partial charge in [-0.25, -0.2) is 0 Å². The summed E-state index contributed by atoms with van der Waals surface area (Å²) in [4.78, 5) is 0. The monoisotopic (exact) mass is 217 g/mol. The molecule has 1 aromatic carbocycles. The lowest BCUT2D eigenvalue weighted by Crippen LogP contribution is -2.25. The van der Waals surface area contributed by atoms with Crippen molar-refractivity contribution < 1.29 is 9.47 Å². The number of hydrogen-bond acceptors (Lipinski definition) is 3. The van der Waals surface area contributed by atoms with Crippen LogP contribution >= 0.6 is 0 Å². The maximum Gasteiger partial charge on any atom is 0.199 e. The van der Waals surface area contributed by atoms with Gasteiger partial charge < -0.3 is 9.47 Å². The molecule has 0 saturated carbocycles. The lowest BCUT2D eigenvalue weighted by Gasteiger charge is -2.24. The Bertz CT molecular complexity index is 378. The Morgan fingerprint density at radius 2 is 2.25 bits per heavy atom. The van der Waals surface area contributed by atoms with E-state index in [4.69, 9.17) is 14.7 Å². The Hall–Kier alpha value is -1.53. The quantitative estimate of drug-likeness (QED) is 0.781. The minimum atomic E-state index is -0.145. The fourth-order valence-electron chi connectivity index (χ4n) is 1.80. The number of ether oxygens (including phenoxy) is 2. The van der Waals surface area contributed by atoms with Crippen molar-refractivity contribution in [2.45, 2.75) is 32.0 Å². The van der Waals surface area contributed by atoms with Gasteiger partial charge in [0.15, 0.2) is 6.29 Å². The Kier molecular flexibility index (Phi) is 3.79. The Morgan fingerprint density at radius 3 is 3.00 bits per heavy atom. The van der Waals surface area contributed by atoms with Crippen LogP contribution in [-0.2, 0) is 11.2 Å². The van der Waals surface area contributed by atoms with E-state index in [1.54, 1.807) is 0 Å². The van der Waals surface area contributed by atoms with Crippen molar-refractivity contribution in [1.82, 2.24) is 0 Å². The highest BCUT2D eigenvalue weighted by Crippen LogP contribution is 2.23. The van der Waals surface area contributed by atoms with Gasteiger partial charge in [0.25, 0.3) is 0 Å². The molecule has 1 aromatic rings. The van der Waals surface area contributed by atoms with Crippen LogP contribution < -0.4 is 4.74 Å². The molecule has 0 spiro atoms. The topological polar surface area (TPSA) is 42.2 Å². The standard InChI is InChI=1S/C13H15NO2/c14-9-8-11-5-1-2-6-12(11)16-13-7-3-4-10-15-13/h1-2,5-6,13H,3-4,7-8,10H2. The third-order valence-corrected chi connectivity index (χ3v) is 2.64. The first-order valence-electron chi connectivity index (χ1n) is 5.63. The van der Waals surface area contributed by atoms with E-state index < -0.39 is 0 Å². The van der Waals surface area contributed by atoms with Crippen molar-refractivity contribution in [3.63, 3.8) is 0 Å². The molecule has 84 valence electrons. The van der Waals surface area contributed by atoms with Gasteiger partial charge in [-0.3, -0.25) is 0 Å². The Labute approximate surface area is 95.6 Å². The summed E-state index contributed by atoms with van der Waals surface area (Å²) in [5.74, 6) is 0.774. The molecule has 1 atom stereocenters. The van der Waals surface area contributed by atoms with Gasteiger partial charge in [0, 0.05) is 12.0 Å². The number of nitrogens with zero attached hydrogens (tertiary/aromatic N) is 1. The van der Waals surface area contributed by atoms with Crippen LogP contribution in [-0.4, -0.2) is 12.9 Å². The molecule has 1 aliphatic heterocycles. The predicted octanol–water partition coefficient (Wildman–Crippen LogP) is 2.66. The van der Waals surface area contributed by atoms with Gasteiger partial charge in [-0.2, -0.15) is 5.26 Å². The summed E-state index contributed by atoms with van der Waals surface area (Å²) in [5, 5.41) is 8.71. The minimum absolute atomic E-state index is 0.145. The molecule has 1 saturated heterocycles. The molecular formula is C13H15NO2. The van der Waals surface area contributed by atoms with Gasteiger partial charge in [0.05, 0.1) is 19.1 Å². The average Bonchev–Trinajstić information content (AvgIpc) is 2.33. The molecule has 0 aliphatic carbocycles. The Balaban J connectivity index is 2.05. The molecule has 2 rings (SSSR count). The predicted molar refractivity (Wildman–Crippen MR) is 60.0 cm³/mol. The zero-order valence-corrected chi connectivity index (χ0v) is 9.19. The smallest absolute Gasteiger partial charge is 0.199 e. The number of para-hydroxylation sites is 1. The van der Waals surface area contributed by atoms with Gasteiger partial charge in [-0.05, 0) is 18.9 Å². The highest BCUT2D eigenvalue weighted by atomic mass is 16.7. The molecule has 0 amide bonds. The van der Waals surface area contributed by atoms with E-state index in [1.807, 2.05) is 24.3 Å². The second kappa shape index (κ2) is 5.53. The minimum Gasteiger partial charge on any atom is -0.465 e. The summed E-state index contributed by atoms with van der Waals surface area (Å²) in [6, 6.07) is 9.79. The van der Waals surface area contributed by atoms with Crippen LogP contribution in [0.2, 0.25) is 0 Å². The van der Waals surface area contributed by atoms with Crippen LogP contribution in [0.15, 0.2) is 24.3 Å². The molecular weight excluding hydrogens is 202 g/mol. The van der Waals surface area contributed by atoms with Gasteiger partial charge in [-0.15, -0.1) is 0 Å². The Morgan fingerprint density at radius 1 is 1.38 bits per heavy atom. The summed E-state index contributed by atoms with van der Waals surface area (Å²) in [6.07, 6.45) is 3.42. The van der Waals surface area contributed by atoms with E-state index in [0.29, 0.717) is 6.42 Å². The molecule has 1 unspecified atom stereocenters. The van der Waals surface area contributed by atoms with E-state index in [1.165, 1.54) is 0 Å². The van der Waals surface area contributed by atoms with E-state index >= 15 is 0 Å². The number of nitriles is 1. The van der Waals surface area contributed by atoms with Gasteiger partial charge >= 0.3 is 0 Å². The van der Waals surface area contributed by atoms with Crippen molar-refractivity contribution in [3.05, 3.63) is 29.8 Å². The normalized spacial score (nSPS) is 20.1. The van der Waals surface area contributed by atoms with Crippen molar-refractivity contribution >= 4 is 0 Å². The summed E-state index contributed by atoms with van der Waals surface area (Å²) in [7, 11) is 0. The highest BCUT2D eigenvalue weighted by molar-refractivity contribution is 5.35.